The first kappa shape index (κ1) is 18.7. The maximum atomic E-state index is 12.1. The number of hydrogen-bond donors (Lipinski definition) is 2. The molecule has 3 rings (SSSR count). The fourth-order valence-corrected chi connectivity index (χ4v) is 3.97. The highest BCUT2D eigenvalue weighted by molar-refractivity contribution is 7.90. The molecule has 2 aromatic heterocycles. The summed E-state index contributed by atoms with van der Waals surface area (Å²) in [6, 6.07) is 0. The third-order valence-electron chi connectivity index (χ3n) is 4.43. The van der Waals surface area contributed by atoms with E-state index in [0.717, 1.165) is 44.7 Å². The molecule has 0 radical (unpaired) electrons. The Morgan fingerprint density at radius 3 is 2.96 bits per heavy atom. The van der Waals surface area contributed by atoms with Crippen LogP contribution in [0.1, 0.15) is 43.6 Å². The van der Waals surface area contributed by atoms with Crippen molar-refractivity contribution < 1.29 is 8.42 Å². The first-order valence-corrected chi connectivity index (χ1v) is 10.8. The Kier molecular flexibility index (Phi) is 5.82. The van der Waals surface area contributed by atoms with Gasteiger partial charge in [0.05, 0.1) is 18.4 Å². The summed E-state index contributed by atoms with van der Waals surface area (Å²) in [6.07, 6.45) is 7.21. The van der Waals surface area contributed by atoms with Gasteiger partial charge in [-0.25, -0.2) is 18.4 Å². The zero-order valence-corrected chi connectivity index (χ0v) is 16.0. The summed E-state index contributed by atoms with van der Waals surface area (Å²) in [5, 5.41) is 14.5. The number of sulfone groups is 1. The molecular weight excluding hydrogens is 354 g/mol. The van der Waals surface area contributed by atoms with Crippen LogP contribution >= 0.6 is 0 Å². The molecule has 2 N–H and O–H groups in total. The molecule has 0 amide bonds. The fourth-order valence-electron chi connectivity index (χ4n) is 3.13. The van der Waals surface area contributed by atoms with E-state index < -0.39 is 9.84 Å². The van der Waals surface area contributed by atoms with Crippen molar-refractivity contribution in [1.82, 2.24) is 30.0 Å². The lowest BCUT2D eigenvalue weighted by Crippen LogP contribution is -2.30. The van der Waals surface area contributed by atoms with Crippen molar-refractivity contribution in [2.24, 2.45) is 0 Å². The zero-order valence-electron chi connectivity index (χ0n) is 15.1. The number of nitrogens with zero attached hydrogens (tertiary/aromatic N) is 5. The van der Waals surface area contributed by atoms with Crippen molar-refractivity contribution >= 4 is 15.8 Å². The van der Waals surface area contributed by atoms with Gasteiger partial charge in [-0.2, -0.15) is 0 Å². The van der Waals surface area contributed by atoms with E-state index in [0.29, 0.717) is 18.2 Å². The van der Waals surface area contributed by atoms with E-state index in [1.165, 1.54) is 12.5 Å². The number of anilines is 1. The maximum Gasteiger partial charge on any atom is 0.223 e. The molecule has 0 aromatic carbocycles. The molecule has 1 aliphatic rings. The van der Waals surface area contributed by atoms with Gasteiger partial charge < -0.3 is 15.2 Å². The van der Waals surface area contributed by atoms with Gasteiger partial charge in [-0.3, -0.25) is 0 Å². The molecule has 1 saturated heterocycles. The molecule has 10 heteroatoms. The average Bonchev–Trinajstić information content (AvgIpc) is 3.07. The summed E-state index contributed by atoms with van der Waals surface area (Å²) in [5.74, 6) is 1.27. The van der Waals surface area contributed by atoms with E-state index in [1.807, 2.05) is 4.57 Å². The molecule has 9 nitrogen and oxygen atoms in total. The van der Waals surface area contributed by atoms with Crippen LogP contribution < -0.4 is 10.6 Å². The Labute approximate surface area is 153 Å². The third kappa shape index (κ3) is 4.36. The number of aryl methyl sites for hydroxylation is 1. The fraction of sp³-hybridized carbons (Fsp3) is 0.625. The minimum atomic E-state index is -3.38. The summed E-state index contributed by atoms with van der Waals surface area (Å²) in [6.45, 7) is 5.05. The predicted octanol–water partition coefficient (Wildman–Crippen LogP) is 0.961. The summed E-state index contributed by atoms with van der Waals surface area (Å²) >= 11 is 0. The van der Waals surface area contributed by atoms with Crippen LogP contribution in [0.5, 0.6) is 0 Å². The Morgan fingerprint density at radius 2 is 2.27 bits per heavy atom. The standard InChI is InChI=1S/C16H25N7O2S/c1-3-7-23-11-20-22-14(23)10-19-16-18-9-13(26(2,24)25)15(21-16)12-5-4-6-17-8-12/h9,11-12,17H,3-8,10H2,1-2H3,(H,18,19,21)/t12-/m0/s1. The van der Waals surface area contributed by atoms with Crippen molar-refractivity contribution in [2.75, 3.05) is 24.7 Å². The molecule has 26 heavy (non-hydrogen) atoms. The van der Waals surface area contributed by atoms with Gasteiger partial charge in [-0.05, 0) is 25.8 Å². The molecule has 2 aromatic rings. The first-order chi connectivity index (χ1) is 12.5. The van der Waals surface area contributed by atoms with E-state index in [4.69, 9.17) is 0 Å². The van der Waals surface area contributed by atoms with E-state index in [1.54, 1.807) is 6.33 Å². The molecule has 0 saturated carbocycles. The Bertz CT molecular complexity index is 844. The second kappa shape index (κ2) is 8.09. The highest BCUT2D eigenvalue weighted by atomic mass is 32.2. The number of rotatable bonds is 7. The number of aromatic nitrogens is 5. The summed E-state index contributed by atoms with van der Waals surface area (Å²) in [4.78, 5) is 8.95. The first-order valence-electron chi connectivity index (χ1n) is 8.87. The Balaban J connectivity index is 1.82. The molecule has 1 fully saturated rings. The van der Waals surface area contributed by atoms with Gasteiger partial charge in [0, 0.05) is 25.3 Å². The minimum Gasteiger partial charge on any atom is -0.347 e. The molecule has 1 atom stereocenters. The average molecular weight is 379 g/mol. The molecule has 0 aliphatic carbocycles. The van der Waals surface area contributed by atoms with Crippen molar-refractivity contribution in [3.05, 3.63) is 24.0 Å². The molecule has 1 aliphatic heterocycles. The summed E-state index contributed by atoms with van der Waals surface area (Å²) in [7, 11) is -3.38. The van der Waals surface area contributed by atoms with Crippen LogP contribution in [0.2, 0.25) is 0 Å². The van der Waals surface area contributed by atoms with E-state index >= 15 is 0 Å². The van der Waals surface area contributed by atoms with Gasteiger partial charge in [0.15, 0.2) is 15.7 Å². The van der Waals surface area contributed by atoms with Crippen LogP contribution in [0, 0.1) is 0 Å². The molecule has 0 spiro atoms. The lowest BCUT2D eigenvalue weighted by molar-refractivity contribution is 0.448. The second-order valence-corrected chi connectivity index (χ2v) is 8.54. The Morgan fingerprint density at radius 1 is 1.42 bits per heavy atom. The second-order valence-electron chi connectivity index (χ2n) is 6.55. The van der Waals surface area contributed by atoms with Gasteiger partial charge >= 0.3 is 0 Å². The van der Waals surface area contributed by atoms with Crippen molar-refractivity contribution in [3.63, 3.8) is 0 Å². The zero-order chi connectivity index (χ0) is 18.6. The van der Waals surface area contributed by atoms with Crippen molar-refractivity contribution in [1.29, 1.82) is 0 Å². The lowest BCUT2D eigenvalue weighted by atomic mass is 9.96. The van der Waals surface area contributed by atoms with E-state index in [2.05, 4.69) is 37.7 Å². The highest BCUT2D eigenvalue weighted by Gasteiger charge is 2.25. The van der Waals surface area contributed by atoms with Gasteiger partial charge in [0.25, 0.3) is 0 Å². The molecule has 3 heterocycles. The lowest BCUT2D eigenvalue weighted by Gasteiger charge is -2.24. The van der Waals surface area contributed by atoms with Crippen LogP contribution in [0.15, 0.2) is 17.4 Å². The van der Waals surface area contributed by atoms with Crippen LogP contribution in [0.4, 0.5) is 5.95 Å². The van der Waals surface area contributed by atoms with Crippen molar-refractivity contribution in [3.8, 4) is 0 Å². The minimum absolute atomic E-state index is 0.0702. The van der Waals surface area contributed by atoms with Crippen LogP contribution in [-0.4, -0.2) is 52.5 Å². The topological polar surface area (TPSA) is 115 Å². The van der Waals surface area contributed by atoms with Gasteiger partial charge in [0.1, 0.15) is 11.2 Å². The quantitative estimate of drug-likeness (QED) is 0.731. The molecule has 0 unspecified atom stereocenters. The monoisotopic (exact) mass is 379 g/mol. The summed E-state index contributed by atoms with van der Waals surface area (Å²) < 4.78 is 26.2. The molecule has 0 bridgehead atoms. The summed E-state index contributed by atoms with van der Waals surface area (Å²) in [5.41, 5.74) is 0.590. The highest BCUT2D eigenvalue weighted by Crippen LogP contribution is 2.27. The van der Waals surface area contributed by atoms with Crippen molar-refractivity contribution in [2.45, 2.75) is 50.1 Å². The van der Waals surface area contributed by atoms with Crippen LogP contribution in [0.25, 0.3) is 0 Å². The molecular formula is C16H25N7O2S. The van der Waals surface area contributed by atoms with Gasteiger partial charge in [-0.1, -0.05) is 6.92 Å². The normalized spacial score (nSPS) is 18.0. The van der Waals surface area contributed by atoms with E-state index in [-0.39, 0.29) is 10.8 Å². The van der Waals surface area contributed by atoms with Gasteiger partial charge in [0.2, 0.25) is 5.95 Å². The molecule has 142 valence electrons. The smallest absolute Gasteiger partial charge is 0.223 e. The van der Waals surface area contributed by atoms with Gasteiger partial charge in [-0.15, -0.1) is 10.2 Å². The SMILES string of the molecule is CCCn1cnnc1CNc1ncc(S(C)(=O)=O)c([C@H]2CCCNC2)n1. The maximum absolute atomic E-state index is 12.1. The largest absolute Gasteiger partial charge is 0.347 e. The predicted molar refractivity (Wildman–Crippen MR) is 97.6 cm³/mol. The van der Waals surface area contributed by atoms with Crippen LogP contribution in [0.3, 0.4) is 0 Å². The number of piperidine rings is 1. The van der Waals surface area contributed by atoms with Crippen LogP contribution in [-0.2, 0) is 22.9 Å². The number of hydrogen-bond acceptors (Lipinski definition) is 8. The number of nitrogens with one attached hydrogen (secondary N) is 2. The van der Waals surface area contributed by atoms with E-state index in [9.17, 15) is 8.42 Å². The third-order valence-corrected chi connectivity index (χ3v) is 5.54. The Hall–Kier alpha value is -2.07.